The highest BCUT2D eigenvalue weighted by molar-refractivity contribution is 5.89. The smallest absolute Gasteiger partial charge is 0.246 e. The fourth-order valence-corrected chi connectivity index (χ4v) is 3.29. The Kier molecular flexibility index (Phi) is 5.56. The van der Waals surface area contributed by atoms with Crippen molar-refractivity contribution in [3.8, 4) is 11.4 Å². The number of para-hydroxylation sites is 1. The molecule has 2 amide bonds. The van der Waals surface area contributed by atoms with E-state index in [1.807, 2.05) is 60.8 Å². The normalized spacial score (nSPS) is 11.9. The molecule has 2 heterocycles. The van der Waals surface area contributed by atoms with Gasteiger partial charge in [0.05, 0.1) is 6.54 Å². The van der Waals surface area contributed by atoms with Gasteiger partial charge in [-0.2, -0.15) is 4.98 Å². The average molecular weight is 403 g/mol. The van der Waals surface area contributed by atoms with E-state index in [2.05, 4.69) is 25.8 Å². The van der Waals surface area contributed by atoms with Crippen LogP contribution in [0.25, 0.3) is 22.3 Å². The Labute approximate surface area is 172 Å². The topological polar surface area (TPSA) is 113 Å². The Balaban J connectivity index is 1.44. The van der Waals surface area contributed by atoms with Gasteiger partial charge in [0.15, 0.2) is 0 Å². The summed E-state index contributed by atoms with van der Waals surface area (Å²) in [5, 5.41) is 10.4. The lowest BCUT2D eigenvalue weighted by Gasteiger charge is -2.16. The van der Waals surface area contributed by atoms with Crippen LogP contribution in [0.3, 0.4) is 0 Å². The molecule has 0 fully saturated rings. The Morgan fingerprint density at radius 1 is 1.10 bits per heavy atom. The number of hydrogen-bond acceptors (Lipinski definition) is 5. The van der Waals surface area contributed by atoms with E-state index in [1.54, 1.807) is 0 Å². The molecule has 0 bridgehead atoms. The van der Waals surface area contributed by atoms with Crippen molar-refractivity contribution in [2.45, 2.75) is 25.9 Å². The van der Waals surface area contributed by atoms with Crippen molar-refractivity contribution in [2.24, 2.45) is 0 Å². The molecule has 3 N–H and O–H groups in total. The molecule has 2 aromatic heterocycles. The Bertz CT molecular complexity index is 1170. The van der Waals surface area contributed by atoms with Crippen molar-refractivity contribution >= 4 is 22.7 Å². The first-order valence-electron chi connectivity index (χ1n) is 9.58. The molecule has 8 nitrogen and oxygen atoms in total. The van der Waals surface area contributed by atoms with E-state index in [9.17, 15) is 9.59 Å². The summed E-state index contributed by atoms with van der Waals surface area (Å²) in [4.78, 5) is 31.9. The lowest BCUT2D eigenvalue weighted by Crippen LogP contribution is -2.47. The standard InChI is InChI=1S/C22H21N5O3/c1-14(28)25-19(11-16-12-23-18-10-6-5-9-17(16)18)22(29)24-13-20-26-21(27-30-20)15-7-3-2-4-8-15/h2-10,12,19,23H,11,13H2,1H3,(H,24,29)(H,25,28). The average Bonchev–Trinajstić information content (AvgIpc) is 3.39. The summed E-state index contributed by atoms with van der Waals surface area (Å²) in [5.74, 6) is 0.141. The third-order valence-corrected chi connectivity index (χ3v) is 4.71. The minimum absolute atomic E-state index is 0.0721. The van der Waals surface area contributed by atoms with E-state index in [4.69, 9.17) is 4.52 Å². The van der Waals surface area contributed by atoms with Gasteiger partial charge in [0.2, 0.25) is 23.5 Å². The Morgan fingerprint density at radius 3 is 2.67 bits per heavy atom. The first kappa shape index (κ1) is 19.4. The second kappa shape index (κ2) is 8.60. The largest absolute Gasteiger partial charge is 0.361 e. The van der Waals surface area contributed by atoms with Gasteiger partial charge in [-0.05, 0) is 11.6 Å². The van der Waals surface area contributed by atoms with Gasteiger partial charge >= 0.3 is 0 Å². The van der Waals surface area contributed by atoms with Gasteiger partial charge < -0.3 is 20.1 Å². The second-order valence-electron chi connectivity index (χ2n) is 6.91. The highest BCUT2D eigenvalue weighted by atomic mass is 16.5. The van der Waals surface area contributed by atoms with Crippen LogP contribution in [0, 0.1) is 0 Å². The maximum absolute atomic E-state index is 12.8. The minimum Gasteiger partial charge on any atom is -0.361 e. The summed E-state index contributed by atoms with van der Waals surface area (Å²) in [5.41, 5.74) is 2.76. The lowest BCUT2D eigenvalue weighted by atomic mass is 10.0. The minimum atomic E-state index is -0.724. The zero-order chi connectivity index (χ0) is 20.9. The molecule has 0 saturated carbocycles. The number of benzene rings is 2. The number of amides is 2. The van der Waals surface area contributed by atoms with E-state index in [-0.39, 0.29) is 24.2 Å². The molecule has 2 aromatic carbocycles. The Morgan fingerprint density at radius 2 is 1.87 bits per heavy atom. The highest BCUT2D eigenvalue weighted by Crippen LogP contribution is 2.19. The molecular formula is C22H21N5O3. The first-order chi connectivity index (χ1) is 14.6. The van der Waals surface area contributed by atoms with Crippen LogP contribution < -0.4 is 10.6 Å². The number of carbonyl (C=O) groups excluding carboxylic acids is 2. The molecule has 30 heavy (non-hydrogen) atoms. The molecule has 0 aliphatic carbocycles. The van der Waals surface area contributed by atoms with Crippen LogP contribution in [0.5, 0.6) is 0 Å². The second-order valence-corrected chi connectivity index (χ2v) is 6.91. The highest BCUT2D eigenvalue weighted by Gasteiger charge is 2.22. The van der Waals surface area contributed by atoms with Crippen molar-refractivity contribution in [3.05, 3.63) is 72.2 Å². The van der Waals surface area contributed by atoms with E-state index >= 15 is 0 Å². The molecule has 1 unspecified atom stereocenters. The molecule has 4 aromatic rings. The number of nitrogens with zero attached hydrogens (tertiary/aromatic N) is 2. The van der Waals surface area contributed by atoms with E-state index in [1.165, 1.54) is 6.92 Å². The molecule has 0 spiro atoms. The number of rotatable bonds is 7. The summed E-state index contributed by atoms with van der Waals surface area (Å²) >= 11 is 0. The number of hydrogen-bond donors (Lipinski definition) is 3. The summed E-state index contributed by atoms with van der Waals surface area (Å²) in [6, 6.07) is 16.5. The maximum Gasteiger partial charge on any atom is 0.246 e. The van der Waals surface area contributed by atoms with Gasteiger partial charge in [0, 0.05) is 36.0 Å². The quantitative estimate of drug-likeness (QED) is 0.439. The van der Waals surface area contributed by atoms with Gasteiger partial charge in [-0.3, -0.25) is 9.59 Å². The lowest BCUT2D eigenvalue weighted by molar-refractivity contribution is -0.128. The van der Waals surface area contributed by atoms with Crippen molar-refractivity contribution in [2.75, 3.05) is 0 Å². The van der Waals surface area contributed by atoms with E-state index in [0.717, 1.165) is 22.0 Å². The fraction of sp³-hybridized carbons (Fsp3) is 0.182. The third kappa shape index (κ3) is 4.38. The molecule has 4 rings (SSSR count). The van der Waals surface area contributed by atoms with Gasteiger partial charge in [-0.1, -0.05) is 53.7 Å². The maximum atomic E-state index is 12.8. The molecule has 1 atom stereocenters. The molecule has 0 aliphatic heterocycles. The monoisotopic (exact) mass is 403 g/mol. The van der Waals surface area contributed by atoms with Crippen LogP contribution >= 0.6 is 0 Å². The van der Waals surface area contributed by atoms with Crippen molar-refractivity contribution < 1.29 is 14.1 Å². The number of aromatic nitrogens is 3. The van der Waals surface area contributed by atoms with Crippen LogP contribution in [-0.2, 0) is 22.6 Å². The number of fused-ring (bicyclic) bond motifs is 1. The molecule has 8 heteroatoms. The van der Waals surface area contributed by atoms with Crippen LogP contribution in [-0.4, -0.2) is 33.0 Å². The predicted octanol–water partition coefficient (Wildman–Crippen LogP) is 2.58. The van der Waals surface area contributed by atoms with Crippen molar-refractivity contribution in [1.29, 1.82) is 0 Å². The summed E-state index contributed by atoms with van der Waals surface area (Å²) in [6.07, 6.45) is 2.21. The Hall–Kier alpha value is -3.94. The van der Waals surface area contributed by atoms with Crippen LogP contribution in [0.15, 0.2) is 65.3 Å². The van der Waals surface area contributed by atoms with Gasteiger partial charge in [0.25, 0.3) is 0 Å². The SMILES string of the molecule is CC(=O)NC(Cc1c[nH]c2ccccc12)C(=O)NCc1nc(-c2ccccc2)no1. The van der Waals surface area contributed by atoms with Gasteiger partial charge in [-0.25, -0.2) is 0 Å². The number of nitrogens with one attached hydrogen (secondary N) is 3. The van der Waals surface area contributed by atoms with E-state index < -0.39 is 6.04 Å². The van der Waals surface area contributed by atoms with Crippen LogP contribution in [0.1, 0.15) is 18.4 Å². The zero-order valence-electron chi connectivity index (χ0n) is 16.4. The van der Waals surface area contributed by atoms with Gasteiger partial charge in [-0.15, -0.1) is 0 Å². The number of H-pyrrole nitrogens is 1. The molecule has 0 aliphatic rings. The first-order valence-corrected chi connectivity index (χ1v) is 9.58. The predicted molar refractivity (Wildman–Crippen MR) is 111 cm³/mol. The van der Waals surface area contributed by atoms with Crippen molar-refractivity contribution in [1.82, 2.24) is 25.8 Å². The molecule has 0 radical (unpaired) electrons. The summed E-state index contributed by atoms with van der Waals surface area (Å²) in [7, 11) is 0. The zero-order valence-corrected chi connectivity index (χ0v) is 16.4. The fourth-order valence-electron chi connectivity index (χ4n) is 3.29. The number of carbonyl (C=O) groups is 2. The number of aromatic amines is 1. The van der Waals surface area contributed by atoms with Crippen LogP contribution in [0.4, 0.5) is 0 Å². The molecular weight excluding hydrogens is 382 g/mol. The van der Waals surface area contributed by atoms with Crippen molar-refractivity contribution in [3.63, 3.8) is 0 Å². The summed E-state index contributed by atoms with van der Waals surface area (Å²) in [6.45, 7) is 1.46. The van der Waals surface area contributed by atoms with E-state index in [0.29, 0.717) is 12.2 Å². The summed E-state index contributed by atoms with van der Waals surface area (Å²) < 4.78 is 5.23. The van der Waals surface area contributed by atoms with Gasteiger partial charge in [0.1, 0.15) is 6.04 Å². The third-order valence-electron chi connectivity index (χ3n) is 4.71. The van der Waals surface area contributed by atoms with Crippen LogP contribution in [0.2, 0.25) is 0 Å². The molecule has 0 saturated heterocycles. The molecule has 152 valence electrons.